The molecular formula is C28H37N3O7. The van der Waals surface area contributed by atoms with E-state index in [1.54, 1.807) is 58.0 Å². The zero-order chi connectivity index (χ0) is 28.2. The molecule has 10 heteroatoms. The van der Waals surface area contributed by atoms with Gasteiger partial charge in [0.2, 0.25) is 11.8 Å². The van der Waals surface area contributed by atoms with Gasteiger partial charge in [-0.3, -0.25) is 14.4 Å². The summed E-state index contributed by atoms with van der Waals surface area (Å²) in [5.41, 5.74) is 1.31. The summed E-state index contributed by atoms with van der Waals surface area (Å²) < 4.78 is 5.23. The van der Waals surface area contributed by atoms with E-state index < -0.39 is 54.5 Å². The SMILES string of the molecule is CC(C)[C@H](NC(=O)[C@H](NC(=O)OCc1ccccc1)C(C)C)C(=O)NC(c1ccccc1)C(O)CC(=O)O. The predicted octanol–water partition coefficient (Wildman–Crippen LogP) is 2.77. The maximum absolute atomic E-state index is 13.3. The van der Waals surface area contributed by atoms with Crippen LogP contribution in [0.15, 0.2) is 60.7 Å². The summed E-state index contributed by atoms with van der Waals surface area (Å²) in [7, 11) is 0. The van der Waals surface area contributed by atoms with E-state index >= 15 is 0 Å². The first-order valence-electron chi connectivity index (χ1n) is 12.5. The molecule has 3 amide bonds. The molecule has 0 saturated carbocycles. The number of carboxylic acid groups (broad SMARTS) is 1. The van der Waals surface area contributed by atoms with Crippen molar-refractivity contribution in [2.24, 2.45) is 11.8 Å². The number of hydrogen-bond acceptors (Lipinski definition) is 6. The second-order valence-electron chi connectivity index (χ2n) is 9.72. The lowest BCUT2D eigenvalue weighted by atomic mass is 9.96. The van der Waals surface area contributed by atoms with Crippen molar-refractivity contribution in [2.45, 2.75) is 65.0 Å². The Bertz CT molecular complexity index is 1060. The van der Waals surface area contributed by atoms with Crippen molar-refractivity contribution in [2.75, 3.05) is 0 Å². The minimum Gasteiger partial charge on any atom is -0.481 e. The van der Waals surface area contributed by atoms with Crippen LogP contribution in [0.4, 0.5) is 4.79 Å². The highest BCUT2D eigenvalue weighted by Crippen LogP contribution is 2.20. The molecule has 0 fully saturated rings. The van der Waals surface area contributed by atoms with Crippen LogP contribution in [0, 0.1) is 11.8 Å². The molecule has 0 spiro atoms. The molecule has 2 aromatic carbocycles. The van der Waals surface area contributed by atoms with Crippen LogP contribution in [0.2, 0.25) is 0 Å². The number of aliphatic carboxylic acids is 1. The molecule has 0 heterocycles. The van der Waals surface area contributed by atoms with Crippen LogP contribution in [0.25, 0.3) is 0 Å². The summed E-state index contributed by atoms with van der Waals surface area (Å²) in [4.78, 5) is 50.0. The lowest BCUT2D eigenvalue weighted by Crippen LogP contribution is -2.57. The Labute approximate surface area is 222 Å². The van der Waals surface area contributed by atoms with Gasteiger partial charge in [-0.25, -0.2) is 4.79 Å². The second kappa shape index (κ2) is 14.7. The van der Waals surface area contributed by atoms with Crippen molar-refractivity contribution >= 4 is 23.9 Å². The summed E-state index contributed by atoms with van der Waals surface area (Å²) in [6.07, 6.45) is -2.75. The Morgan fingerprint density at radius 2 is 1.26 bits per heavy atom. The van der Waals surface area contributed by atoms with Gasteiger partial charge in [0.15, 0.2) is 0 Å². The number of ether oxygens (including phenoxy) is 1. The molecule has 0 bridgehead atoms. The third-order valence-electron chi connectivity index (χ3n) is 5.91. The van der Waals surface area contributed by atoms with Crippen LogP contribution in [-0.2, 0) is 25.7 Å². The number of rotatable bonds is 13. The largest absolute Gasteiger partial charge is 0.481 e. The number of aliphatic hydroxyl groups is 1. The van der Waals surface area contributed by atoms with Crippen molar-refractivity contribution < 1.29 is 34.1 Å². The Balaban J connectivity index is 2.11. The number of benzene rings is 2. The first-order valence-corrected chi connectivity index (χ1v) is 12.5. The van der Waals surface area contributed by atoms with Crippen molar-refractivity contribution in [3.8, 4) is 0 Å². The fourth-order valence-electron chi connectivity index (χ4n) is 3.81. The Morgan fingerprint density at radius 3 is 1.79 bits per heavy atom. The van der Waals surface area contributed by atoms with Gasteiger partial charge >= 0.3 is 12.1 Å². The first-order chi connectivity index (χ1) is 18.0. The summed E-state index contributed by atoms with van der Waals surface area (Å²) in [5, 5.41) is 27.6. The highest BCUT2D eigenvalue weighted by molar-refractivity contribution is 5.91. The molecule has 2 aromatic rings. The average molecular weight is 528 g/mol. The van der Waals surface area contributed by atoms with Gasteiger partial charge in [0.1, 0.15) is 18.7 Å². The topological polar surface area (TPSA) is 154 Å². The van der Waals surface area contributed by atoms with E-state index in [0.29, 0.717) is 5.56 Å². The molecule has 10 nitrogen and oxygen atoms in total. The maximum atomic E-state index is 13.3. The second-order valence-corrected chi connectivity index (χ2v) is 9.72. The molecule has 2 unspecified atom stereocenters. The third-order valence-corrected chi connectivity index (χ3v) is 5.91. The minimum atomic E-state index is -1.40. The van der Waals surface area contributed by atoms with Gasteiger partial charge < -0.3 is 30.9 Å². The van der Waals surface area contributed by atoms with Gasteiger partial charge in [-0.2, -0.15) is 0 Å². The number of alkyl carbamates (subject to hydrolysis) is 1. The zero-order valence-electron chi connectivity index (χ0n) is 22.1. The zero-order valence-corrected chi connectivity index (χ0v) is 22.1. The highest BCUT2D eigenvalue weighted by atomic mass is 16.5. The van der Waals surface area contributed by atoms with Gasteiger partial charge in [0.25, 0.3) is 0 Å². The molecule has 0 aliphatic rings. The molecule has 38 heavy (non-hydrogen) atoms. The number of aliphatic hydroxyl groups excluding tert-OH is 1. The normalized spacial score (nSPS) is 14.2. The van der Waals surface area contributed by atoms with Gasteiger partial charge in [-0.1, -0.05) is 88.4 Å². The number of hydrogen-bond donors (Lipinski definition) is 5. The van der Waals surface area contributed by atoms with E-state index in [9.17, 15) is 24.3 Å². The van der Waals surface area contributed by atoms with E-state index in [-0.39, 0.29) is 18.4 Å². The molecule has 2 rings (SSSR count). The Kier molecular flexibility index (Phi) is 11.7. The fraction of sp³-hybridized carbons (Fsp3) is 0.429. The predicted molar refractivity (Wildman–Crippen MR) is 141 cm³/mol. The van der Waals surface area contributed by atoms with Crippen LogP contribution >= 0.6 is 0 Å². The smallest absolute Gasteiger partial charge is 0.408 e. The summed E-state index contributed by atoms with van der Waals surface area (Å²) in [5.74, 6) is -3.06. The Hall–Kier alpha value is -3.92. The summed E-state index contributed by atoms with van der Waals surface area (Å²) in [6.45, 7) is 7.01. The number of carbonyl (C=O) groups is 4. The van der Waals surface area contributed by atoms with Crippen LogP contribution in [-0.4, -0.2) is 52.3 Å². The van der Waals surface area contributed by atoms with E-state index in [2.05, 4.69) is 16.0 Å². The quantitative estimate of drug-likeness (QED) is 0.268. The highest BCUT2D eigenvalue weighted by Gasteiger charge is 2.33. The minimum absolute atomic E-state index is 0.0374. The molecule has 0 aromatic heterocycles. The lowest BCUT2D eigenvalue weighted by Gasteiger charge is -2.30. The third kappa shape index (κ3) is 9.51. The van der Waals surface area contributed by atoms with E-state index in [0.717, 1.165) is 5.56 Å². The van der Waals surface area contributed by atoms with E-state index in [1.165, 1.54) is 0 Å². The molecule has 0 radical (unpaired) electrons. The van der Waals surface area contributed by atoms with E-state index in [4.69, 9.17) is 9.84 Å². The van der Waals surface area contributed by atoms with Crippen LogP contribution in [0.5, 0.6) is 0 Å². The summed E-state index contributed by atoms with van der Waals surface area (Å²) in [6, 6.07) is 14.6. The monoisotopic (exact) mass is 527 g/mol. The van der Waals surface area contributed by atoms with Gasteiger partial charge in [-0.05, 0) is 23.0 Å². The maximum Gasteiger partial charge on any atom is 0.408 e. The number of carboxylic acids is 1. The molecule has 4 atom stereocenters. The van der Waals surface area contributed by atoms with Crippen molar-refractivity contribution in [1.29, 1.82) is 0 Å². The molecule has 0 aliphatic carbocycles. The average Bonchev–Trinajstić information content (AvgIpc) is 2.87. The molecular weight excluding hydrogens is 490 g/mol. The number of amides is 3. The number of carbonyl (C=O) groups excluding carboxylic acids is 3. The molecule has 0 aliphatic heterocycles. The van der Waals surface area contributed by atoms with Gasteiger partial charge in [0, 0.05) is 0 Å². The van der Waals surface area contributed by atoms with Gasteiger partial charge in [0.05, 0.1) is 18.6 Å². The molecule has 0 saturated heterocycles. The summed E-state index contributed by atoms with van der Waals surface area (Å²) >= 11 is 0. The Morgan fingerprint density at radius 1 is 0.763 bits per heavy atom. The van der Waals surface area contributed by atoms with E-state index in [1.807, 2.05) is 30.3 Å². The molecule has 206 valence electrons. The number of nitrogens with one attached hydrogen (secondary N) is 3. The lowest BCUT2D eigenvalue weighted by molar-refractivity contribution is -0.140. The van der Waals surface area contributed by atoms with Gasteiger partial charge in [-0.15, -0.1) is 0 Å². The molecule has 5 N–H and O–H groups in total. The van der Waals surface area contributed by atoms with Crippen LogP contribution < -0.4 is 16.0 Å². The van der Waals surface area contributed by atoms with Crippen molar-refractivity contribution in [1.82, 2.24) is 16.0 Å². The first kappa shape index (κ1) is 30.3. The fourth-order valence-corrected chi connectivity index (χ4v) is 3.81. The standard InChI is InChI=1S/C28H37N3O7/c1-17(2)23(26(35)30-25(21(32)15-22(33)34)20-13-9-6-10-14-20)29-27(36)24(18(3)4)31-28(37)38-16-19-11-7-5-8-12-19/h5-14,17-18,21,23-25,32H,15-16H2,1-4H3,(H,29,36)(H,30,35)(H,31,37)(H,33,34)/t21?,23-,24+,25?/m0/s1. The van der Waals surface area contributed by atoms with Crippen LogP contribution in [0.3, 0.4) is 0 Å². The van der Waals surface area contributed by atoms with Crippen molar-refractivity contribution in [3.63, 3.8) is 0 Å². The van der Waals surface area contributed by atoms with Crippen molar-refractivity contribution in [3.05, 3.63) is 71.8 Å². The van der Waals surface area contributed by atoms with Crippen LogP contribution in [0.1, 0.15) is 51.3 Å².